The summed E-state index contributed by atoms with van der Waals surface area (Å²) >= 11 is 0. The molecule has 4 saturated carbocycles. The van der Waals surface area contributed by atoms with Crippen LogP contribution in [0.25, 0.3) is 0 Å². The van der Waals surface area contributed by atoms with Gasteiger partial charge in [-0.2, -0.15) is 0 Å². The maximum Gasteiger partial charge on any atom is 0.331 e. The monoisotopic (exact) mass is 372 g/mol. The Balaban J connectivity index is 1.44. The number of aldehydes is 1. The Morgan fingerprint density at radius 3 is 2.70 bits per heavy atom. The first-order chi connectivity index (χ1) is 13.0. The number of ether oxygens (including phenoxy) is 1. The van der Waals surface area contributed by atoms with Crippen LogP contribution in [0.2, 0.25) is 0 Å². The van der Waals surface area contributed by atoms with Crippen LogP contribution in [0.15, 0.2) is 11.6 Å². The van der Waals surface area contributed by atoms with E-state index in [2.05, 4.69) is 6.92 Å². The Labute approximate surface area is 161 Å². The third kappa shape index (κ3) is 2.44. The van der Waals surface area contributed by atoms with Gasteiger partial charge in [-0.15, -0.1) is 0 Å². The molecule has 0 spiro atoms. The Bertz CT molecular complexity index is 684. The molecule has 0 aromatic heterocycles. The van der Waals surface area contributed by atoms with Crippen molar-refractivity contribution >= 4 is 12.3 Å². The minimum absolute atomic E-state index is 0.174. The van der Waals surface area contributed by atoms with Gasteiger partial charge in [0.2, 0.25) is 0 Å². The summed E-state index contributed by atoms with van der Waals surface area (Å²) in [6.07, 6.45) is 12.3. The van der Waals surface area contributed by atoms with Crippen LogP contribution in [0, 0.1) is 40.4 Å². The molecule has 148 valence electrons. The van der Waals surface area contributed by atoms with E-state index < -0.39 is 0 Å². The zero-order chi connectivity index (χ0) is 18.8. The highest BCUT2D eigenvalue weighted by atomic mass is 16.5. The number of fused-ring (bicyclic) bond motifs is 5. The summed E-state index contributed by atoms with van der Waals surface area (Å²) in [5.41, 5.74) is 1.27. The van der Waals surface area contributed by atoms with Gasteiger partial charge in [0.05, 0.1) is 6.10 Å². The smallest absolute Gasteiger partial charge is 0.331 e. The van der Waals surface area contributed by atoms with Crippen molar-refractivity contribution in [2.24, 2.45) is 40.4 Å². The van der Waals surface area contributed by atoms with Crippen molar-refractivity contribution in [2.75, 3.05) is 6.61 Å². The molecule has 0 bridgehead atoms. The van der Waals surface area contributed by atoms with E-state index in [0.29, 0.717) is 36.2 Å². The Hall–Kier alpha value is -1.16. The molecular weight excluding hydrogens is 340 g/mol. The number of aliphatic hydroxyl groups is 1. The minimum atomic E-state index is -0.212. The van der Waals surface area contributed by atoms with Gasteiger partial charge in [-0.1, -0.05) is 6.92 Å². The SMILES string of the molecule is C[C@]12CC[C@H]3[C@@H](CC[C@H]4C[C@@H](O)CC[C@@]43C=O)[C@H]1CC[C@@H]2C1=CC(=O)OC1. The lowest BCUT2D eigenvalue weighted by Gasteiger charge is -2.60. The molecule has 1 aliphatic heterocycles. The average Bonchev–Trinajstić information content (AvgIpc) is 3.23. The summed E-state index contributed by atoms with van der Waals surface area (Å²) in [7, 11) is 0. The molecule has 4 nitrogen and oxygen atoms in total. The molecule has 0 aromatic rings. The summed E-state index contributed by atoms with van der Waals surface area (Å²) in [5.74, 6) is 2.45. The Kier molecular flexibility index (Phi) is 4.09. The van der Waals surface area contributed by atoms with E-state index in [1.807, 2.05) is 0 Å². The summed E-state index contributed by atoms with van der Waals surface area (Å²) in [6, 6.07) is 0. The molecule has 1 heterocycles. The molecule has 4 heteroatoms. The number of carbonyl (C=O) groups is 2. The van der Waals surface area contributed by atoms with Crippen LogP contribution in [0.3, 0.4) is 0 Å². The molecule has 0 saturated heterocycles. The number of rotatable bonds is 2. The third-order valence-corrected chi connectivity index (χ3v) is 9.55. The fraction of sp³-hybridized carbons (Fsp3) is 0.826. The number of carbonyl (C=O) groups excluding carboxylic acids is 2. The molecular formula is C23H32O4. The minimum Gasteiger partial charge on any atom is -0.458 e. The Morgan fingerprint density at radius 2 is 1.96 bits per heavy atom. The second-order valence-corrected chi connectivity index (χ2v) is 10.3. The fourth-order valence-corrected chi connectivity index (χ4v) is 8.35. The van der Waals surface area contributed by atoms with Crippen molar-refractivity contribution in [3.63, 3.8) is 0 Å². The predicted molar refractivity (Wildman–Crippen MR) is 101 cm³/mol. The molecule has 5 aliphatic rings. The van der Waals surface area contributed by atoms with E-state index in [9.17, 15) is 14.7 Å². The van der Waals surface area contributed by atoms with Crippen LogP contribution in [0.1, 0.15) is 64.7 Å². The second kappa shape index (κ2) is 6.17. The van der Waals surface area contributed by atoms with Crippen molar-refractivity contribution in [3.8, 4) is 0 Å². The van der Waals surface area contributed by atoms with Crippen molar-refractivity contribution < 1.29 is 19.4 Å². The van der Waals surface area contributed by atoms with Gasteiger partial charge in [0.15, 0.2) is 0 Å². The standard InChI is InChI=1S/C23H32O4/c1-22-8-7-20-17(3-2-15-11-16(25)6-9-23(15,20)13-24)19(22)5-4-18(22)14-10-21(26)27-12-14/h10,13,15-20,25H,2-9,11-12H2,1H3/t15-,16-,17-,18+,19+,20-,22+,23+/m0/s1. The molecule has 4 fully saturated rings. The number of aliphatic hydroxyl groups excluding tert-OH is 1. The number of cyclic esters (lactones) is 1. The summed E-state index contributed by atoms with van der Waals surface area (Å²) < 4.78 is 5.22. The van der Waals surface area contributed by atoms with Gasteiger partial charge in [0, 0.05) is 11.5 Å². The molecule has 0 radical (unpaired) electrons. The molecule has 0 unspecified atom stereocenters. The first-order valence-corrected chi connectivity index (χ1v) is 11.0. The van der Waals surface area contributed by atoms with E-state index in [4.69, 9.17) is 4.74 Å². The van der Waals surface area contributed by atoms with Gasteiger partial charge < -0.3 is 14.6 Å². The number of esters is 1. The quantitative estimate of drug-likeness (QED) is 0.593. The van der Waals surface area contributed by atoms with Crippen LogP contribution in [0.5, 0.6) is 0 Å². The number of hydrogen-bond acceptors (Lipinski definition) is 4. The van der Waals surface area contributed by atoms with Gasteiger partial charge in [-0.05, 0) is 98.4 Å². The lowest BCUT2D eigenvalue weighted by atomic mass is 9.44. The zero-order valence-electron chi connectivity index (χ0n) is 16.4. The Morgan fingerprint density at radius 1 is 1.11 bits per heavy atom. The van der Waals surface area contributed by atoms with Crippen LogP contribution >= 0.6 is 0 Å². The van der Waals surface area contributed by atoms with Crippen molar-refractivity contribution in [1.29, 1.82) is 0 Å². The molecule has 5 rings (SSSR count). The van der Waals surface area contributed by atoms with Crippen molar-refractivity contribution in [2.45, 2.75) is 70.8 Å². The van der Waals surface area contributed by atoms with E-state index in [1.54, 1.807) is 6.08 Å². The van der Waals surface area contributed by atoms with Crippen LogP contribution in [-0.4, -0.2) is 30.1 Å². The van der Waals surface area contributed by atoms with Gasteiger partial charge in [-0.3, -0.25) is 0 Å². The summed E-state index contributed by atoms with van der Waals surface area (Å²) in [4.78, 5) is 24.0. The number of hydrogen-bond donors (Lipinski definition) is 1. The van der Waals surface area contributed by atoms with Gasteiger partial charge in [0.1, 0.15) is 12.9 Å². The average molecular weight is 373 g/mol. The fourth-order valence-electron chi connectivity index (χ4n) is 8.35. The molecule has 0 aromatic carbocycles. The lowest BCUT2D eigenvalue weighted by molar-refractivity contribution is -0.152. The largest absolute Gasteiger partial charge is 0.458 e. The highest BCUT2D eigenvalue weighted by molar-refractivity contribution is 5.85. The molecule has 27 heavy (non-hydrogen) atoms. The van der Waals surface area contributed by atoms with Crippen LogP contribution < -0.4 is 0 Å². The van der Waals surface area contributed by atoms with E-state index in [0.717, 1.165) is 44.9 Å². The van der Waals surface area contributed by atoms with E-state index >= 15 is 0 Å². The van der Waals surface area contributed by atoms with Gasteiger partial charge >= 0.3 is 5.97 Å². The first-order valence-electron chi connectivity index (χ1n) is 11.0. The zero-order valence-corrected chi connectivity index (χ0v) is 16.4. The normalized spacial score (nSPS) is 51.6. The first kappa shape index (κ1) is 17.9. The topological polar surface area (TPSA) is 63.6 Å². The van der Waals surface area contributed by atoms with Gasteiger partial charge in [0.25, 0.3) is 0 Å². The molecule has 0 amide bonds. The van der Waals surface area contributed by atoms with Crippen LogP contribution in [-0.2, 0) is 14.3 Å². The van der Waals surface area contributed by atoms with Crippen LogP contribution in [0.4, 0.5) is 0 Å². The van der Waals surface area contributed by atoms with E-state index in [-0.39, 0.29) is 22.9 Å². The predicted octanol–water partition coefficient (Wildman–Crippen LogP) is 3.67. The van der Waals surface area contributed by atoms with Crippen molar-refractivity contribution in [3.05, 3.63) is 11.6 Å². The van der Waals surface area contributed by atoms with E-state index in [1.165, 1.54) is 24.7 Å². The van der Waals surface area contributed by atoms with Crippen molar-refractivity contribution in [1.82, 2.24) is 0 Å². The maximum absolute atomic E-state index is 12.4. The molecule has 1 N–H and O–H groups in total. The summed E-state index contributed by atoms with van der Waals surface area (Å²) in [5, 5.41) is 10.2. The highest BCUT2D eigenvalue weighted by Crippen LogP contribution is 2.68. The van der Waals surface area contributed by atoms with Gasteiger partial charge in [-0.25, -0.2) is 4.79 Å². The third-order valence-electron chi connectivity index (χ3n) is 9.55. The lowest BCUT2D eigenvalue weighted by Crippen LogP contribution is -2.56. The highest BCUT2D eigenvalue weighted by Gasteiger charge is 2.62. The molecule has 4 aliphatic carbocycles. The maximum atomic E-state index is 12.4. The second-order valence-electron chi connectivity index (χ2n) is 10.3. The molecule has 8 atom stereocenters. The summed E-state index contributed by atoms with van der Waals surface area (Å²) in [6.45, 7) is 2.93.